The second kappa shape index (κ2) is 7.92. The van der Waals surface area contributed by atoms with Crippen LogP contribution in [0.4, 0.5) is 17.8 Å². The number of hydrogen-bond donors (Lipinski definition) is 3. The van der Waals surface area contributed by atoms with E-state index in [2.05, 4.69) is 31.0 Å². The molecule has 0 aliphatic carbocycles. The van der Waals surface area contributed by atoms with Crippen molar-refractivity contribution in [2.45, 2.75) is 25.3 Å². The van der Waals surface area contributed by atoms with Crippen molar-refractivity contribution in [3.05, 3.63) is 34.9 Å². The molecule has 8 nitrogen and oxygen atoms in total. The quantitative estimate of drug-likeness (QED) is 0.489. The number of amides is 1. The SMILES string of the molecule is CCNc1nc(NCC)nc(NN2C(=O)C(Cl)C2c2ccc(Cl)cc2)n1. The van der Waals surface area contributed by atoms with Gasteiger partial charge in [0.15, 0.2) is 0 Å². The second-order valence-electron chi connectivity index (χ2n) is 5.59. The average molecular weight is 396 g/mol. The van der Waals surface area contributed by atoms with Crippen LogP contribution in [-0.4, -0.2) is 44.3 Å². The van der Waals surface area contributed by atoms with E-state index < -0.39 is 5.38 Å². The molecule has 3 rings (SSSR count). The smallest absolute Gasteiger partial charge is 0.262 e. The summed E-state index contributed by atoms with van der Waals surface area (Å²) in [4.78, 5) is 25.1. The van der Waals surface area contributed by atoms with Crippen LogP contribution in [0, 0.1) is 0 Å². The van der Waals surface area contributed by atoms with Gasteiger partial charge in [0, 0.05) is 18.1 Å². The van der Waals surface area contributed by atoms with Crippen molar-refractivity contribution < 1.29 is 4.79 Å². The van der Waals surface area contributed by atoms with Crippen molar-refractivity contribution in [2.24, 2.45) is 0 Å². The van der Waals surface area contributed by atoms with Crippen LogP contribution in [0.15, 0.2) is 24.3 Å². The van der Waals surface area contributed by atoms with Gasteiger partial charge in [0.05, 0.1) is 0 Å². The van der Waals surface area contributed by atoms with Crippen LogP contribution in [0.1, 0.15) is 25.5 Å². The average Bonchev–Trinajstić information content (AvgIpc) is 2.63. The molecular formula is C16H19Cl2N7O. The lowest BCUT2D eigenvalue weighted by molar-refractivity contribution is -0.143. The highest BCUT2D eigenvalue weighted by Gasteiger charge is 2.48. The van der Waals surface area contributed by atoms with Crippen molar-refractivity contribution in [1.29, 1.82) is 0 Å². The molecular weight excluding hydrogens is 377 g/mol. The zero-order valence-electron chi connectivity index (χ0n) is 14.3. The van der Waals surface area contributed by atoms with Crippen LogP contribution in [0.5, 0.6) is 0 Å². The molecule has 1 aliphatic rings. The molecule has 1 aromatic heterocycles. The van der Waals surface area contributed by atoms with Gasteiger partial charge in [-0.05, 0) is 31.5 Å². The van der Waals surface area contributed by atoms with Gasteiger partial charge >= 0.3 is 0 Å². The van der Waals surface area contributed by atoms with E-state index in [9.17, 15) is 4.79 Å². The Morgan fingerprint density at radius 2 is 1.54 bits per heavy atom. The summed E-state index contributed by atoms with van der Waals surface area (Å²) < 4.78 is 0. The van der Waals surface area contributed by atoms with Crippen molar-refractivity contribution in [2.75, 3.05) is 29.1 Å². The first-order valence-electron chi connectivity index (χ1n) is 8.26. The van der Waals surface area contributed by atoms with Gasteiger partial charge in [-0.3, -0.25) is 10.2 Å². The van der Waals surface area contributed by atoms with E-state index in [-0.39, 0.29) is 17.9 Å². The number of alkyl halides is 1. The van der Waals surface area contributed by atoms with E-state index in [1.165, 1.54) is 5.01 Å². The number of rotatable bonds is 7. The Balaban J connectivity index is 1.84. The number of halogens is 2. The van der Waals surface area contributed by atoms with Crippen molar-refractivity contribution in [3.63, 3.8) is 0 Å². The second-order valence-corrected chi connectivity index (χ2v) is 6.49. The molecule has 10 heteroatoms. The van der Waals surface area contributed by atoms with E-state index >= 15 is 0 Å². The number of aromatic nitrogens is 3. The molecule has 2 atom stereocenters. The van der Waals surface area contributed by atoms with Crippen LogP contribution in [0.2, 0.25) is 5.02 Å². The third-order valence-electron chi connectivity index (χ3n) is 3.77. The Bertz CT molecular complexity index is 762. The number of carbonyl (C=O) groups excluding carboxylic acids is 1. The first-order chi connectivity index (χ1) is 12.5. The topological polar surface area (TPSA) is 95.1 Å². The van der Waals surface area contributed by atoms with Gasteiger partial charge in [-0.15, -0.1) is 11.6 Å². The van der Waals surface area contributed by atoms with Crippen LogP contribution in [-0.2, 0) is 4.79 Å². The van der Waals surface area contributed by atoms with E-state index in [1.54, 1.807) is 12.1 Å². The third-order valence-corrected chi connectivity index (χ3v) is 4.44. The number of nitrogens with one attached hydrogen (secondary N) is 3. The Labute approximate surface area is 161 Å². The molecule has 1 aromatic carbocycles. The van der Waals surface area contributed by atoms with Crippen LogP contribution < -0.4 is 16.1 Å². The number of β-lactam (4-membered cyclic amide) rings is 1. The highest BCUT2D eigenvalue weighted by atomic mass is 35.5. The van der Waals surface area contributed by atoms with E-state index in [0.717, 1.165) is 5.56 Å². The molecule has 2 heterocycles. The fraction of sp³-hybridized carbons (Fsp3) is 0.375. The molecule has 0 bridgehead atoms. The van der Waals surface area contributed by atoms with Crippen LogP contribution >= 0.6 is 23.2 Å². The van der Waals surface area contributed by atoms with Crippen molar-refractivity contribution >= 4 is 47.0 Å². The number of anilines is 3. The van der Waals surface area contributed by atoms with Gasteiger partial charge in [0.1, 0.15) is 11.4 Å². The number of benzene rings is 1. The van der Waals surface area contributed by atoms with Gasteiger partial charge in [0.25, 0.3) is 5.91 Å². The minimum atomic E-state index is -0.660. The predicted octanol–water partition coefficient (Wildman–Crippen LogP) is 2.91. The molecule has 2 aromatic rings. The van der Waals surface area contributed by atoms with Crippen molar-refractivity contribution in [1.82, 2.24) is 20.0 Å². The first kappa shape index (κ1) is 18.5. The fourth-order valence-corrected chi connectivity index (χ4v) is 3.05. The monoisotopic (exact) mass is 395 g/mol. The molecule has 0 saturated carbocycles. The lowest BCUT2D eigenvalue weighted by Gasteiger charge is -2.43. The van der Waals surface area contributed by atoms with Gasteiger partial charge in [-0.25, -0.2) is 5.01 Å². The van der Waals surface area contributed by atoms with Crippen LogP contribution in [0.3, 0.4) is 0 Å². The minimum Gasteiger partial charge on any atom is -0.354 e. The highest BCUT2D eigenvalue weighted by Crippen LogP contribution is 2.38. The van der Waals surface area contributed by atoms with Crippen LogP contribution in [0.25, 0.3) is 0 Å². The molecule has 138 valence electrons. The summed E-state index contributed by atoms with van der Waals surface area (Å²) in [5, 5.41) is 7.45. The van der Waals surface area contributed by atoms with Gasteiger partial charge in [-0.1, -0.05) is 23.7 Å². The molecule has 1 amide bonds. The van der Waals surface area contributed by atoms with Gasteiger partial charge < -0.3 is 10.6 Å². The van der Waals surface area contributed by atoms with E-state index in [1.807, 2.05) is 26.0 Å². The highest BCUT2D eigenvalue weighted by molar-refractivity contribution is 6.33. The Morgan fingerprint density at radius 3 is 2.08 bits per heavy atom. The summed E-state index contributed by atoms with van der Waals surface area (Å²) in [7, 11) is 0. The fourth-order valence-electron chi connectivity index (χ4n) is 2.56. The molecule has 1 saturated heterocycles. The van der Waals surface area contributed by atoms with E-state index in [0.29, 0.717) is 30.0 Å². The normalized spacial score (nSPS) is 19.1. The zero-order valence-corrected chi connectivity index (χ0v) is 15.8. The summed E-state index contributed by atoms with van der Waals surface area (Å²) in [6.45, 7) is 5.21. The third kappa shape index (κ3) is 3.76. The summed E-state index contributed by atoms with van der Waals surface area (Å²) in [6, 6.07) is 6.85. The molecule has 26 heavy (non-hydrogen) atoms. The van der Waals surface area contributed by atoms with E-state index in [4.69, 9.17) is 23.2 Å². The van der Waals surface area contributed by atoms with Gasteiger partial charge in [-0.2, -0.15) is 15.0 Å². The Hall–Kier alpha value is -2.32. The lowest BCUT2D eigenvalue weighted by Crippen LogP contribution is -2.58. The number of nitrogens with zero attached hydrogens (tertiary/aromatic N) is 4. The predicted molar refractivity (Wildman–Crippen MR) is 102 cm³/mol. The van der Waals surface area contributed by atoms with Gasteiger partial charge in [0.2, 0.25) is 17.8 Å². The maximum absolute atomic E-state index is 12.2. The lowest BCUT2D eigenvalue weighted by atomic mass is 9.95. The molecule has 1 aliphatic heterocycles. The summed E-state index contributed by atoms with van der Waals surface area (Å²) in [5.74, 6) is 0.837. The molecule has 2 unspecified atom stereocenters. The summed E-state index contributed by atoms with van der Waals surface area (Å²) in [5.41, 5.74) is 3.81. The summed E-state index contributed by atoms with van der Waals surface area (Å²) in [6.07, 6.45) is 0. The zero-order chi connectivity index (χ0) is 18.7. The number of hydrazine groups is 1. The minimum absolute atomic E-state index is 0.248. The molecule has 0 radical (unpaired) electrons. The largest absolute Gasteiger partial charge is 0.354 e. The molecule has 3 N–H and O–H groups in total. The molecule has 0 spiro atoms. The molecule has 1 fully saturated rings. The standard InChI is InChI=1S/C16H19Cl2N7O/c1-3-19-14-21-15(20-4-2)23-16(22-14)24-25-12(11(18)13(25)26)9-5-7-10(17)8-6-9/h5-8,11-12H,3-4H2,1-2H3,(H3,19,20,21,22,23,24). The number of hydrogen-bond acceptors (Lipinski definition) is 7. The Kier molecular flexibility index (Phi) is 5.63. The first-order valence-corrected chi connectivity index (χ1v) is 9.08. The maximum atomic E-state index is 12.2. The summed E-state index contributed by atoms with van der Waals surface area (Å²) >= 11 is 12.2. The van der Waals surface area contributed by atoms with Crippen molar-refractivity contribution in [3.8, 4) is 0 Å². The number of carbonyl (C=O) groups is 1. The maximum Gasteiger partial charge on any atom is 0.262 e. The Morgan fingerprint density at radius 1 is 1.00 bits per heavy atom.